The topological polar surface area (TPSA) is 29.1 Å². The number of halogens is 3. The van der Waals surface area contributed by atoms with Gasteiger partial charge < -0.3 is 5.32 Å². The van der Waals surface area contributed by atoms with Gasteiger partial charge in [0, 0.05) is 12.5 Å². The van der Waals surface area contributed by atoms with Crippen molar-refractivity contribution >= 4 is 5.91 Å². The molecular weight excluding hydrogens is 327 g/mol. The lowest BCUT2D eigenvalue weighted by Crippen LogP contribution is -2.41. The van der Waals surface area contributed by atoms with Gasteiger partial charge in [0.15, 0.2) is 0 Å². The van der Waals surface area contributed by atoms with Gasteiger partial charge in [-0.2, -0.15) is 13.2 Å². The van der Waals surface area contributed by atoms with Crippen molar-refractivity contribution in [3.63, 3.8) is 0 Å². The van der Waals surface area contributed by atoms with Gasteiger partial charge in [0.25, 0.3) is 0 Å². The third-order valence-corrected chi connectivity index (χ3v) is 4.96. The highest BCUT2D eigenvalue weighted by atomic mass is 19.4. The third-order valence-electron chi connectivity index (χ3n) is 4.96. The van der Waals surface area contributed by atoms with Crippen LogP contribution in [0, 0.1) is 5.92 Å². The summed E-state index contributed by atoms with van der Waals surface area (Å²) >= 11 is 0. The fraction of sp³-hybridized carbons (Fsp3) is 0.650. The van der Waals surface area contributed by atoms with Gasteiger partial charge in [-0.05, 0) is 42.2 Å². The second-order valence-corrected chi connectivity index (χ2v) is 8.12. The van der Waals surface area contributed by atoms with E-state index in [1.54, 1.807) is 0 Å². The first-order chi connectivity index (χ1) is 11.6. The van der Waals surface area contributed by atoms with Crippen LogP contribution in [0.2, 0.25) is 0 Å². The summed E-state index contributed by atoms with van der Waals surface area (Å²) in [7, 11) is 0. The zero-order valence-electron chi connectivity index (χ0n) is 15.2. The Kier molecular flexibility index (Phi) is 6.17. The highest BCUT2D eigenvalue weighted by molar-refractivity contribution is 5.76. The maximum Gasteiger partial charge on any atom is 0.391 e. The van der Waals surface area contributed by atoms with E-state index in [2.05, 4.69) is 38.2 Å². The van der Waals surface area contributed by atoms with E-state index in [1.807, 2.05) is 12.1 Å². The normalized spacial score (nSPS) is 21.8. The molecular formula is C20H28F3NO. The average molecular weight is 355 g/mol. The van der Waals surface area contributed by atoms with Gasteiger partial charge in [0.05, 0.1) is 5.92 Å². The number of carbonyl (C=O) groups is 1. The summed E-state index contributed by atoms with van der Waals surface area (Å²) in [5, 5.41) is 2.79. The molecule has 1 amide bonds. The molecule has 0 aliphatic heterocycles. The number of benzene rings is 1. The van der Waals surface area contributed by atoms with Crippen molar-refractivity contribution in [1.82, 2.24) is 5.32 Å². The molecule has 1 aliphatic carbocycles. The Hall–Kier alpha value is -1.52. The van der Waals surface area contributed by atoms with Crippen LogP contribution in [0.4, 0.5) is 13.2 Å². The molecule has 0 aromatic heterocycles. The molecule has 1 saturated carbocycles. The molecule has 140 valence electrons. The minimum atomic E-state index is -4.15. The largest absolute Gasteiger partial charge is 0.391 e. The first kappa shape index (κ1) is 19.8. The van der Waals surface area contributed by atoms with Crippen LogP contribution < -0.4 is 5.32 Å². The Labute approximate surface area is 148 Å². The molecule has 2 nitrogen and oxygen atoms in total. The number of rotatable bonds is 4. The molecule has 1 aliphatic rings. The predicted molar refractivity (Wildman–Crippen MR) is 93.4 cm³/mol. The Morgan fingerprint density at radius 1 is 1.12 bits per heavy atom. The van der Waals surface area contributed by atoms with E-state index in [0.717, 1.165) is 5.56 Å². The van der Waals surface area contributed by atoms with Crippen LogP contribution in [0.15, 0.2) is 24.3 Å². The number of aryl methyl sites for hydroxylation is 1. The van der Waals surface area contributed by atoms with Crippen molar-refractivity contribution in [2.45, 2.75) is 76.9 Å². The lowest BCUT2D eigenvalue weighted by molar-refractivity contribution is -0.184. The van der Waals surface area contributed by atoms with Crippen molar-refractivity contribution in [2.24, 2.45) is 5.92 Å². The summed E-state index contributed by atoms with van der Waals surface area (Å²) in [6.07, 6.45) is -1.90. The number of alkyl halides is 3. The Morgan fingerprint density at radius 2 is 1.76 bits per heavy atom. The van der Waals surface area contributed by atoms with Crippen LogP contribution in [0.1, 0.15) is 64.0 Å². The molecule has 5 heteroatoms. The van der Waals surface area contributed by atoms with Crippen LogP contribution in [-0.4, -0.2) is 18.1 Å². The molecule has 0 saturated heterocycles. The first-order valence-corrected chi connectivity index (χ1v) is 9.01. The van der Waals surface area contributed by atoms with Gasteiger partial charge >= 0.3 is 6.18 Å². The van der Waals surface area contributed by atoms with E-state index in [-0.39, 0.29) is 30.2 Å². The maximum absolute atomic E-state index is 12.8. The van der Waals surface area contributed by atoms with E-state index < -0.39 is 12.1 Å². The molecule has 2 unspecified atom stereocenters. The monoisotopic (exact) mass is 355 g/mol. The Balaban J connectivity index is 1.80. The fourth-order valence-electron chi connectivity index (χ4n) is 3.35. The van der Waals surface area contributed by atoms with Gasteiger partial charge in [-0.3, -0.25) is 4.79 Å². The minimum absolute atomic E-state index is 0.00944. The van der Waals surface area contributed by atoms with Crippen LogP contribution in [0.5, 0.6) is 0 Å². The highest BCUT2D eigenvalue weighted by Gasteiger charge is 2.42. The predicted octanol–water partition coefficient (Wildman–Crippen LogP) is 5.15. The zero-order chi connectivity index (χ0) is 18.7. The SMILES string of the molecule is CC(C)(C)c1ccc(CCC(=O)NC2CCCC(C(F)(F)F)C2)cc1. The summed E-state index contributed by atoms with van der Waals surface area (Å²) in [6, 6.07) is 7.84. The molecule has 2 rings (SSSR count). The summed E-state index contributed by atoms with van der Waals surface area (Å²) in [6.45, 7) is 6.44. The van der Waals surface area contributed by atoms with E-state index in [4.69, 9.17) is 0 Å². The van der Waals surface area contributed by atoms with Gasteiger partial charge in [-0.15, -0.1) is 0 Å². The van der Waals surface area contributed by atoms with Crippen molar-refractivity contribution < 1.29 is 18.0 Å². The third kappa shape index (κ3) is 6.05. The van der Waals surface area contributed by atoms with Crippen molar-refractivity contribution in [1.29, 1.82) is 0 Å². The smallest absolute Gasteiger partial charge is 0.353 e. The van der Waals surface area contributed by atoms with Crippen molar-refractivity contribution in [3.8, 4) is 0 Å². The second kappa shape index (κ2) is 7.79. The summed E-state index contributed by atoms with van der Waals surface area (Å²) in [5.74, 6) is -1.44. The van der Waals surface area contributed by atoms with E-state index in [0.29, 0.717) is 25.7 Å². The summed E-state index contributed by atoms with van der Waals surface area (Å²) < 4.78 is 38.5. The van der Waals surface area contributed by atoms with Crippen LogP contribution >= 0.6 is 0 Å². The average Bonchev–Trinajstić information content (AvgIpc) is 2.52. The van der Waals surface area contributed by atoms with Gasteiger partial charge in [-0.1, -0.05) is 51.5 Å². The molecule has 0 radical (unpaired) electrons. The van der Waals surface area contributed by atoms with Crippen LogP contribution in [0.3, 0.4) is 0 Å². The van der Waals surface area contributed by atoms with Gasteiger partial charge in [-0.25, -0.2) is 0 Å². The molecule has 2 atom stereocenters. The van der Waals surface area contributed by atoms with E-state index in [1.165, 1.54) is 5.56 Å². The highest BCUT2D eigenvalue weighted by Crippen LogP contribution is 2.37. The lowest BCUT2D eigenvalue weighted by Gasteiger charge is -2.31. The molecule has 0 spiro atoms. The number of carbonyl (C=O) groups excluding carboxylic acids is 1. The van der Waals surface area contributed by atoms with E-state index in [9.17, 15) is 18.0 Å². The van der Waals surface area contributed by atoms with Crippen molar-refractivity contribution in [2.75, 3.05) is 0 Å². The number of hydrogen-bond acceptors (Lipinski definition) is 1. The summed E-state index contributed by atoms with van der Waals surface area (Å²) in [4.78, 5) is 12.1. The molecule has 25 heavy (non-hydrogen) atoms. The number of nitrogens with one attached hydrogen (secondary N) is 1. The number of hydrogen-bond donors (Lipinski definition) is 1. The van der Waals surface area contributed by atoms with Crippen molar-refractivity contribution in [3.05, 3.63) is 35.4 Å². The second-order valence-electron chi connectivity index (χ2n) is 8.12. The molecule has 1 aromatic rings. The van der Waals surface area contributed by atoms with Gasteiger partial charge in [0.1, 0.15) is 0 Å². The van der Waals surface area contributed by atoms with E-state index >= 15 is 0 Å². The maximum atomic E-state index is 12.8. The Bertz CT molecular complexity index is 572. The minimum Gasteiger partial charge on any atom is -0.353 e. The lowest BCUT2D eigenvalue weighted by atomic mass is 9.85. The summed E-state index contributed by atoms with van der Waals surface area (Å²) in [5.41, 5.74) is 2.40. The molecule has 1 fully saturated rings. The first-order valence-electron chi connectivity index (χ1n) is 9.01. The fourth-order valence-corrected chi connectivity index (χ4v) is 3.35. The molecule has 0 bridgehead atoms. The van der Waals surface area contributed by atoms with Crippen LogP contribution in [0.25, 0.3) is 0 Å². The molecule has 1 aromatic carbocycles. The van der Waals surface area contributed by atoms with Gasteiger partial charge in [0.2, 0.25) is 5.91 Å². The Morgan fingerprint density at radius 3 is 2.32 bits per heavy atom. The van der Waals surface area contributed by atoms with Crippen LogP contribution in [-0.2, 0) is 16.6 Å². The number of amides is 1. The quantitative estimate of drug-likeness (QED) is 0.795. The zero-order valence-corrected chi connectivity index (χ0v) is 15.2. The standard InChI is InChI=1S/C20H28F3NO/c1-19(2,3)15-10-7-14(8-11-15)9-12-18(25)24-17-6-4-5-16(13-17)20(21,22)23/h7-8,10-11,16-17H,4-6,9,12-13H2,1-3H3,(H,24,25). The molecule has 1 N–H and O–H groups in total. The molecule has 0 heterocycles.